The van der Waals surface area contributed by atoms with Gasteiger partial charge in [-0.1, -0.05) is 6.07 Å². The summed E-state index contributed by atoms with van der Waals surface area (Å²) >= 11 is 1.35. The van der Waals surface area contributed by atoms with E-state index < -0.39 is 5.69 Å². The summed E-state index contributed by atoms with van der Waals surface area (Å²) in [6, 6.07) is 6.12. The van der Waals surface area contributed by atoms with E-state index in [0.29, 0.717) is 16.7 Å². The molecule has 1 aromatic carbocycles. The van der Waals surface area contributed by atoms with Crippen molar-refractivity contribution >= 4 is 22.9 Å². The molecule has 136 valence electrons. The number of benzene rings is 1. The molecule has 0 atom stereocenters. The van der Waals surface area contributed by atoms with Gasteiger partial charge in [-0.05, 0) is 48.2 Å². The van der Waals surface area contributed by atoms with Gasteiger partial charge >= 0.3 is 11.2 Å². The minimum absolute atomic E-state index is 0.197. The van der Waals surface area contributed by atoms with Crippen LogP contribution in [0.3, 0.4) is 0 Å². The highest BCUT2D eigenvalue weighted by molar-refractivity contribution is 7.99. The predicted octanol–water partition coefficient (Wildman–Crippen LogP) is 1.41. The van der Waals surface area contributed by atoms with Crippen molar-refractivity contribution in [1.82, 2.24) is 15.0 Å². The van der Waals surface area contributed by atoms with Gasteiger partial charge in [-0.25, -0.2) is 24.5 Å². The first kappa shape index (κ1) is 16.9. The smallest absolute Gasteiger partial charge is 0.382 e. The molecule has 26 heavy (non-hydrogen) atoms. The average molecular weight is 375 g/mol. The molecule has 0 aliphatic carbocycles. The number of aromatic amines is 4. The molecule has 3 heterocycles. The third-order valence-electron chi connectivity index (χ3n) is 4.51. The molecule has 3 aromatic rings. The lowest BCUT2D eigenvalue weighted by Crippen LogP contribution is -2.20. The molecule has 4 rings (SSSR count). The van der Waals surface area contributed by atoms with Crippen LogP contribution >= 0.6 is 11.8 Å². The van der Waals surface area contributed by atoms with E-state index >= 15 is 0 Å². The standard InChI is InChI=1S/C17H18N4O4S/c1-24-11-3-2-10(9-4-6-25-7-5-9)8-12(11)26-17-20-14-13(15(22)21-17)18-16(23)19-14/h2-3,8-9H,4-7H2,1H3,(H3,18,19,20,21,22,23)/p+1. The Kier molecular flexibility index (Phi) is 4.56. The fourth-order valence-electron chi connectivity index (χ4n) is 3.18. The third-order valence-corrected chi connectivity index (χ3v) is 5.46. The van der Waals surface area contributed by atoms with Crippen LogP contribution in [0.25, 0.3) is 11.2 Å². The highest BCUT2D eigenvalue weighted by Crippen LogP contribution is 2.36. The number of hydrogen-bond donors (Lipinski definition) is 3. The number of hydrogen-bond acceptors (Lipinski definition) is 5. The van der Waals surface area contributed by atoms with E-state index in [2.05, 4.69) is 32.1 Å². The van der Waals surface area contributed by atoms with Crippen LogP contribution in [0, 0.1) is 0 Å². The van der Waals surface area contributed by atoms with Gasteiger partial charge in [-0.2, -0.15) is 0 Å². The zero-order valence-corrected chi connectivity index (χ0v) is 15.0. The largest absolute Gasteiger partial charge is 0.496 e. The van der Waals surface area contributed by atoms with Crippen LogP contribution in [0.15, 0.2) is 37.8 Å². The SMILES string of the molecule is COc1ccc(C2CCOCC2)cc1Sc1[nH]c(=O)c2[nH]c(=O)[nH]c2[nH+]1. The maximum absolute atomic E-state index is 12.1. The summed E-state index contributed by atoms with van der Waals surface area (Å²) < 4.78 is 10.9. The normalized spacial score (nSPS) is 15.4. The van der Waals surface area contributed by atoms with Crippen molar-refractivity contribution in [3.8, 4) is 5.75 Å². The fraction of sp³-hybridized carbons (Fsp3) is 0.353. The Bertz CT molecular complexity index is 1050. The predicted molar refractivity (Wildman–Crippen MR) is 96.0 cm³/mol. The quantitative estimate of drug-likeness (QED) is 0.597. The molecule has 1 aliphatic rings. The van der Waals surface area contributed by atoms with E-state index in [1.165, 1.54) is 17.3 Å². The van der Waals surface area contributed by atoms with Gasteiger partial charge in [0.25, 0.3) is 10.8 Å². The van der Waals surface area contributed by atoms with Crippen LogP contribution in [0.5, 0.6) is 5.75 Å². The second kappa shape index (κ2) is 7.00. The van der Waals surface area contributed by atoms with Crippen molar-refractivity contribution in [2.24, 2.45) is 0 Å². The number of imidazole rings is 1. The Morgan fingerprint density at radius 1 is 1.19 bits per heavy atom. The molecule has 0 spiro atoms. The number of ether oxygens (including phenoxy) is 2. The molecule has 0 saturated carbocycles. The Labute approximate surface area is 152 Å². The molecule has 9 heteroatoms. The highest BCUT2D eigenvalue weighted by Gasteiger charge is 2.19. The number of rotatable bonds is 4. The summed E-state index contributed by atoms with van der Waals surface area (Å²) in [5.41, 5.74) is 1.00. The van der Waals surface area contributed by atoms with Crippen molar-refractivity contribution in [2.45, 2.75) is 28.8 Å². The number of nitrogens with one attached hydrogen (secondary N) is 4. The molecule has 1 saturated heterocycles. The van der Waals surface area contributed by atoms with Crippen molar-refractivity contribution in [1.29, 1.82) is 0 Å². The number of H-pyrrole nitrogens is 4. The molecular weight excluding hydrogens is 356 g/mol. The summed E-state index contributed by atoms with van der Waals surface area (Å²) in [4.78, 5) is 35.3. The first-order valence-corrected chi connectivity index (χ1v) is 9.17. The van der Waals surface area contributed by atoms with E-state index in [9.17, 15) is 9.59 Å². The van der Waals surface area contributed by atoms with Gasteiger partial charge in [-0.15, -0.1) is 0 Å². The second-order valence-electron chi connectivity index (χ2n) is 6.14. The molecule has 4 N–H and O–H groups in total. The summed E-state index contributed by atoms with van der Waals surface area (Å²) in [6.45, 7) is 1.55. The number of methoxy groups -OCH3 is 1. The molecule has 0 radical (unpaired) electrons. The van der Waals surface area contributed by atoms with Gasteiger partial charge in [0.05, 0.1) is 12.0 Å². The van der Waals surface area contributed by atoms with Crippen LogP contribution in [0.1, 0.15) is 24.3 Å². The van der Waals surface area contributed by atoms with Gasteiger partial charge in [0, 0.05) is 13.2 Å². The topological polar surface area (TPSA) is 114 Å². The molecule has 1 aliphatic heterocycles. The summed E-state index contributed by atoms with van der Waals surface area (Å²) in [5, 5.41) is 0.514. The molecule has 2 aromatic heterocycles. The summed E-state index contributed by atoms with van der Waals surface area (Å²) in [7, 11) is 1.62. The van der Waals surface area contributed by atoms with Gasteiger partial charge < -0.3 is 9.47 Å². The maximum atomic E-state index is 12.1. The van der Waals surface area contributed by atoms with E-state index in [0.717, 1.165) is 36.7 Å². The molecule has 0 amide bonds. The van der Waals surface area contributed by atoms with Crippen molar-refractivity contribution in [3.05, 3.63) is 44.6 Å². The van der Waals surface area contributed by atoms with Crippen LogP contribution in [-0.2, 0) is 4.74 Å². The van der Waals surface area contributed by atoms with Crippen LogP contribution < -0.4 is 21.0 Å². The fourth-order valence-corrected chi connectivity index (χ4v) is 4.14. The molecule has 0 bridgehead atoms. The lowest BCUT2D eigenvalue weighted by molar-refractivity contribution is -0.405. The van der Waals surface area contributed by atoms with Crippen molar-refractivity contribution in [3.63, 3.8) is 0 Å². The first-order valence-electron chi connectivity index (χ1n) is 8.35. The van der Waals surface area contributed by atoms with Gasteiger partial charge in [-0.3, -0.25) is 4.98 Å². The van der Waals surface area contributed by atoms with Crippen LogP contribution in [0.4, 0.5) is 0 Å². The Morgan fingerprint density at radius 2 is 2.00 bits per heavy atom. The van der Waals surface area contributed by atoms with Crippen molar-refractivity contribution in [2.75, 3.05) is 20.3 Å². The molecular formula is C17H19N4O4S+. The van der Waals surface area contributed by atoms with E-state index in [4.69, 9.17) is 9.47 Å². The Morgan fingerprint density at radius 3 is 2.77 bits per heavy atom. The van der Waals surface area contributed by atoms with E-state index in [1.807, 2.05) is 6.07 Å². The monoisotopic (exact) mass is 375 g/mol. The Balaban J connectivity index is 1.70. The van der Waals surface area contributed by atoms with Gasteiger partial charge in [0.15, 0.2) is 5.52 Å². The average Bonchev–Trinajstić information content (AvgIpc) is 3.03. The minimum atomic E-state index is -0.428. The first-order chi connectivity index (χ1) is 12.6. The highest BCUT2D eigenvalue weighted by atomic mass is 32.2. The van der Waals surface area contributed by atoms with Crippen molar-refractivity contribution < 1.29 is 14.5 Å². The third kappa shape index (κ3) is 3.27. The molecule has 0 unspecified atom stereocenters. The van der Waals surface area contributed by atoms with Gasteiger partial charge in [0.1, 0.15) is 5.75 Å². The van der Waals surface area contributed by atoms with E-state index in [1.54, 1.807) is 7.11 Å². The number of fused-ring (bicyclic) bond motifs is 1. The number of aromatic nitrogens is 4. The summed E-state index contributed by atoms with van der Waals surface area (Å²) in [5.74, 6) is 1.18. The summed E-state index contributed by atoms with van der Waals surface area (Å²) in [6.07, 6.45) is 1.99. The van der Waals surface area contributed by atoms with Crippen LogP contribution in [0.2, 0.25) is 0 Å². The zero-order chi connectivity index (χ0) is 18.1. The molecule has 8 nitrogen and oxygen atoms in total. The van der Waals surface area contributed by atoms with E-state index in [-0.39, 0.29) is 11.1 Å². The molecule has 1 fully saturated rings. The van der Waals surface area contributed by atoms with Gasteiger partial charge in [0.2, 0.25) is 0 Å². The maximum Gasteiger partial charge on any atom is 0.382 e. The second-order valence-corrected chi connectivity index (χ2v) is 7.19. The lowest BCUT2D eigenvalue weighted by atomic mass is 9.92. The zero-order valence-electron chi connectivity index (χ0n) is 14.2. The van der Waals surface area contributed by atoms with Crippen LogP contribution in [-0.4, -0.2) is 35.3 Å². The Hall–Kier alpha value is -2.52. The minimum Gasteiger partial charge on any atom is -0.496 e. The lowest BCUT2D eigenvalue weighted by Gasteiger charge is -2.23.